The SMILES string of the molecule is CCC(=O)c1cc(Nc2nc(N)nc(-c3cccc(C(F)(F)F)n3)n2)ccn1. The summed E-state index contributed by atoms with van der Waals surface area (Å²) in [6.07, 6.45) is -2.87. The second-order valence-corrected chi connectivity index (χ2v) is 5.58. The second kappa shape index (κ2) is 7.55. The average Bonchev–Trinajstić information content (AvgIpc) is 2.66. The van der Waals surface area contributed by atoms with E-state index in [9.17, 15) is 18.0 Å². The Morgan fingerprint density at radius 1 is 1.14 bits per heavy atom. The van der Waals surface area contributed by atoms with Gasteiger partial charge in [0.2, 0.25) is 11.9 Å². The highest BCUT2D eigenvalue weighted by atomic mass is 19.4. The summed E-state index contributed by atoms with van der Waals surface area (Å²) in [6.45, 7) is 1.71. The molecule has 3 N–H and O–H groups in total. The summed E-state index contributed by atoms with van der Waals surface area (Å²) in [7, 11) is 0. The number of carbonyl (C=O) groups excluding carboxylic acids is 1. The van der Waals surface area contributed by atoms with Crippen molar-refractivity contribution in [3.63, 3.8) is 0 Å². The quantitative estimate of drug-likeness (QED) is 0.638. The van der Waals surface area contributed by atoms with Gasteiger partial charge in [0, 0.05) is 18.3 Å². The molecule has 0 aromatic carbocycles. The van der Waals surface area contributed by atoms with E-state index in [2.05, 4.69) is 30.2 Å². The number of hydrogen-bond acceptors (Lipinski definition) is 8. The van der Waals surface area contributed by atoms with Crippen LogP contribution in [0.25, 0.3) is 11.5 Å². The van der Waals surface area contributed by atoms with Gasteiger partial charge in [-0.05, 0) is 24.3 Å². The second-order valence-electron chi connectivity index (χ2n) is 5.58. The van der Waals surface area contributed by atoms with E-state index in [1.807, 2.05) is 0 Å². The summed E-state index contributed by atoms with van der Waals surface area (Å²) in [4.78, 5) is 31.1. The largest absolute Gasteiger partial charge is 0.433 e. The van der Waals surface area contributed by atoms with Gasteiger partial charge in [-0.1, -0.05) is 13.0 Å². The summed E-state index contributed by atoms with van der Waals surface area (Å²) in [5, 5.41) is 2.83. The van der Waals surface area contributed by atoms with E-state index >= 15 is 0 Å². The number of nitrogen functional groups attached to an aromatic ring is 1. The zero-order valence-corrected chi connectivity index (χ0v) is 14.5. The molecule has 0 saturated carbocycles. The first-order chi connectivity index (χ1) is 13.3. The number of ketones is 1. The topological polar surface area (TPSA) is 120 Å². The maximum absolute atomic E-state index is 12.9. The minimum Gasteiger partial charge on any atom is -0.368 e. The standard InChI is InChI=1S/C17H14F3N7O/c1-2-12(28)11-8-9(6-7-22-11)23-16-26-14(25-15(21)27-16)10-4-3-5-13(24-10)17(18,19)20/h3-8H,2H2,1H3,(H3,21,22,23,25,26,27). The van der Waals surface area contributed by atoms with Gasteiger partial charge < -0.3 is 11.1 Å². The fraction of sp³-hybridized carbons (Fsp3) is 0.176. The molecule has 0 fully saturated rings. The maximum atomic E-state index is 12.9. The number of alkyl halides is 3. The van der Waals surface area contributed by atoms with Crippen molar-refractivity contribution in [1.82, 2.24) is 24.9 Å². The van der Waals surface area contributed by atoms with Crippen LogP contribution in [0.4, 0.5) is 30.8 Å². The van der Waals surface area contributed by atoms with Crippen molar-refractivity contribution in [2.45, 2.75) is 19.5 Å². The Morgan fingerprint density at radius 3 is 2.64 bits per heavy atom. The normalized spacial score (nSPS) is 11.3. The minimum atomic E-state index is -4.60. The number of nitrogens with zero attached hydrogens (tertiary/aromatic N) is 5. The molecule has 8 nitrogen and oxygen atoms in total. The van der Waals surface area contributed by atoms with E-state index in [-0.39, 0.29) is 34.9 Å². The molecule has 0 amide bonds. The van der Waals surface area contributed by atoms with E-state index in [4.69, 9.17) is 5.73 Å². The van der Waals surface area contributed by atoms with Crippen LogP contribution in [0.1, 0.15) is 29.5 Å². The molecule has 28 heavy (non-hydrogen) atoms. The fourth-order valence-electron chi connectivity index (χ4n) is 2.25. The molecular formula is C17H14F3N7O. The van der Waals surface area contributed by atoms with Gasteiger partial charge in [-0.25, -0.2) is 4.98 Å². The van der Waals surface area contributed by atoms with Crippen LogP contribution in [0.3, 0.4) is 0 Å². The molecule has 0 aliphatic rings. The summed E-state index contributed by atoms with van der Waals surface area (Å²) >= 11 is 0. The van der Waals surface area contributed by atoms with Gasteiger partial charge in [0.25, 0.3) is 0 Å². The monoisotopic (exact) mass is 389 g/mol. The number of halogens is 3. The van der Waals surface area contributed by atoms with Gasteiger partial charge in [-0.2, -0.15) is 28.1 Å². The Hall–Kier alpha value is -3.63. The molecule has 0 aliphatic carbocycles. The highest BCUT2D eigenvalue weighted by molar-refractivity contribution is 5.94. The predicted octanol–water partition coefficient (Wildman–Crippen LogP) is 3.27. The third-order valence-corrected chi connectivity index (χ3v) is 3.54. The number of rotatable bonds is 5. The number of nitrogens with one attached hydrogen (secondary N) is 1. The average molecular weight is 389 g/mol. The smallest absolute Gasteiger partial charge is 0.368 e. The molecule has 3 aromatic heterocycles. The maximum Gasteiger partial charge on any atom is 0.433 e. The Labute approximate surface area is 157 Å². The van der Waals surface area contributed by atoms with Crippen LogP contribution in [0, 0.1) is 0 Å². The number of hydrogen-bond donors (Lipinski definition) is 2. The van der Waals surface area contributed by atoms with Crippen LogP contribution in [0.5, 0.6) is 0 Å². The molecule has 0 aliphatic heterocycles. The molecule has 3 aromatic rings. The van der Waals surface area contributed by atoms with Crippen molar-refractivity contribution in [3.8, 4) is 11.5 Å². The first-order valence-electron chi connectivity index (χ1n) is 8.08. The highest BCUT2D eigenvalue weighted by Gasteiger charge is 2.32. The molecule has 3 rings (SSSR count). The Balaban J connectivity index is 1.94. The van der Waals surface area contributed by atoms with Gasteiger partial charge >= 0.3 is 6.18 Å². The number of Topliss-reactive ketones (excluding diaryl/α,β-unsaturated/α-hetero) is 1. The molecule has 0 radical (unpaired) electrons. The van der Waals surface area contributed by atoms with Gasteiger partial charge in [0.1, 0.15) is 17.1 Å². The van der Waals surface area contributed by atoms with Crippen molar-refractivity contribution < 1.29 is 18.0 Å². The summed E-state index contributed by atoms with van der Waals surface area (Å²) < 4.78 is 38.6. The number of pyridine rings is 2. The van der Waals surface area contributed by atoms with Crippen LogP contribution < -0.4 is 11.1 Å². The Kier molecular flexibility index (Phi) is 5.16. The molecular weight excluding hydrogens is 375 g/mol. The van der Waals surface area contributed by atoms with E-state index < -0.39 is 11.9 Å². The number of carbonyl (C=O) groups is 1. The van der Waals surface area contributed by atoms with Gasteiger partial charge in [0.15, 0.2) is 11.6 Å². The van der Waals surface area contributed by atoms with Crippen LogP contribution in [0.15, 0.2) is 36.5 Å². The van der Waals surface area contributed by atoms with Crippen LogP contribution in [-0.2, 0) is 6.18 Å². The van der Waals surface area contributed by atoms with Crippen molar-refractivity contribution in [2.75, 3.05) is 11.1 Å². The summed E-state index contributed by atoms with van der Waals surface area (Å²) in [5.41, 5.74) is 5.19. The molecule has 3 heterocycles. The summed E-state index contributed by atoms with van der Waals surface area (Å²) in [6, 6.07) is 6.46. The zero-order chi connectivity index (χ0) is 20.3. The Morgan fingerprint density at radius 2 is 1.93 bits per heavy atom. The lowest BCUT2D eigenvalue weighted by Crippen LogP contribution is -2.10. The van der Waals surface area contributed by atoms with Crippen molar-refractivity contribution >= 4 is 23.4 Å². The molecule has 0 spiro atoms. The van der Waals surface area contributed by atoms with Crippen LogP contribution in [-0.4, -0.2) is 30.7 Å². The molecule has 144 valence electrons. The first-order valence-corrected chi connectivity index (χ1v) is 8.08. The molecule has 0 unspecified atom stereocenters. The first kappa shape index (κ1) is 19.1. The Bertz CT molecular complexity index is 1020. The zero-order valence-electron chi connectivity index (χ0n) is 14.5. The van der Waals surface area contributed by atoms with Crippen LogP contribution in [0.2, 0.25) is 0 Å². The van der Waals surface area contributed by atoms with Crippen LogP contribution >= 0.6 is 0 Å². The van der Waals surface area contributed by atoms with E-state index in [0.29, 0.717) is 12.1 Å². The van der Waals surface area contributed by atoms with E-state index in [0.717, 1.165) is 6.07 Å². The highest BCUT2D eigenvalue weighted by Crippen LogP contribution is 2.29. The lowest BCUT2D eigenvalue weighted by atomic mass is 10.2. The fourth-order valence-corrected chi connectivity index (χ4v) is 2.25. The van der Waals surface area contributed by atoms with Crippen molar-refractivity contribution in [2.24, 2.45) is 0 Å². The lowest BCUT2D eigenvalue weighted by molar-refractivity contribution is -0.141. The number of aromatic nitrogens is 5. The third kappa shape index (κ3) is 4.37. The van der Waals surface area contributed by atoms with Gasteiger partial charge in [0.05, 0.1) is 0 Å². The van der Waals surface area contributed by atoms with E-state index in [1.165, 1.54) is 24.4 Å². The van der Waals surface area contributed by atoms with E-state index in [1.54, 1.807) is 13.0 Å². The van der Waals surface area contributed by atoms with Crippen molar-refractivity contribution in [3.05, 3.63) is 47.9 Å². The summed E-state index contributed by atoms with van der Waals surface area (Å²) in [5.74, 6) is -0.485. The van der Waals surface area contributed by atoms with Gasteiger partial charge in [-0.3, -0.25) is 9.78 Å². The predicted molar refractivity (Wildman–Crippen MR) is 94.6 cm³/mol. The molecule has 0 saturated heterocycles. The van der Waals surface area contributed by atoms with Gasteiger partial charge in [-0.15, -0.1) is 0 Å². The number of anilines is 3. The molecule has 0 bridgehead atoms. The van der Waals surface area contributed by atoms with Crippen molar-refractivity contribution in [1.29, 1.82) is 0 Å². The molecule has 11 heteroatoms. The third-order valence-electron chi connectivity index (χ3n) is 3.54. The molecule has 0 atom stereocenters. The minimum absolute atomic E-state index is 0.0113. The number of nitrogens with two attached hydrogens (primary N) is 1. The lowest BCUT2D eigenvalue weighted by Gasteiger charge is -2.09.